The van der Waals surface area contributed by atoms with Gasteiger partial charge in [0.2, 0.25) is 5.91 Å². The van der Waals surface area contributed by atoms with Crippen LogP contribution < -0.4 is 10.6 Å². The third-order valence-electron chi connectivity index (χ3n) is 6.62. The first-order valence-corrected chi connectivity index (χ1v) is 12.0. The lowest BCUT2D eigenvalue weighted by molar-refractivity contribution is -0.142. The highest BCUT2D eigenvalue weighted by Gasteiger charge is 2.31. The van der Waals surface area contributed by atoms with Gasteiger partial charge in [-0.3, -0.25) is 9.59 Å². The second-order valence-corrected chi connectivity index (χ2v) is 8.90. The number of alkyl carbamates (subject to hydrolysis) is 1. The van der Waals surface area contributed by atoms with Crippen LogP contribution in [0.4, 0.5) is 4.79 Å². The van der Waals surface area contributed by atoms with Crippen molar-refractivity contribution >= 4 is 18.0 Å². The van der Waals surface area contributed by atoms with Crippen LogP contribution in [0.25, 0.3) is 11.1 Å². The van der Waals surface area contributed by atoms with Crippen molar-refractivity contribution in [1.82, 2.24) is 10.6 Å². The topological polar surface area (TPSA) is 105 Å². The van der Waals surface area contributed by atoms with Crippen LogP contribution in [-0.4, -0.2) is 42.3 Å². The maximum absolute atomic E-state index is 12.8. The van der Waals surface area contributed by atoms with Gasteiger partial charge in [-0.25, -0.2) is 4.79 Å². The van der Waals surface area contributed by atoms with Crippen LogP contribution in [0.5, 0.6) is 0 Å². The lowest BCUT2D eigenvalue weighted by Gasteiger charge is -2.24. The van der Waals surface area contributed by atoms with E-state index in [1.165, 1.54) is 0 Å². The van der Waals surface area contributed by atoms with Crippen molar-refractivity contribution in [1.29, 1.82) is 0 Å². The number of hydrogen-bond donors (Lipinski definition) is 3. The first kappa shape index (κ1) is 25.3. The third-order valence-corrected chi connectivity index (χ3v) is 6.62. The zero-order chi connectivity index (χ0) is 24.7. The maximum atomic E-state index is 12.8. The quantitative estimate of drug-likeness (QED) is 0.450. The molecule has 1 aliphatic rings. The van der Waals surface area contributed by atoms with E-state index in [1.807, 2.05) is 57.2 Å². The van der Waals surface area contributed by atoms with E-state index in [4.69, 9.17) is 4.74 Å². The van der Waals surface area contributed by atoms with E-state index in [9.17, 15) is 19.5 Å². The molecule has 34 heavy (non-hydrogen) atoms. The van der Waals surface area contributed by atoms with Crippen molar-refractivity contribution < 1.29 is 24.2 Å². The molecule has 3 N–H and O–H groups in total. The molecule has 3 rings (SSSR count). The molecule has 2 aromatic carbocycles. The van der Waals surface area contributed by atoms with E-state index in [0.29, 0.717) is 19.3 Å². The number of carboxylic acids is 1. The van der Waals surface area contributed by atoms with Gasteiger partial charge in [-0.05, 0) is 34.6 Å². The van der Waals surface area contributed by atoms with Crippen molar-refractivity contribution in [2.45, 2.75) is 52.0 Å². The van der Waals surface area contributed by atoms with Crippen molar-refractivity contribution in [3.05, 3.63) is 59.7 Å². The first-order valence-electron chi connectivity index (χ1n) is 12.0. The zero-order valence-electron chi connectivity index (χ0n) is 20.0. The number of aliphatic carboxylic acids is 1. The first-order chi connectivity index (χ1) is 16.4. The fourth-order valence-corrected chi connectivity index (χ4v) is 4.46. The molecule has 2 unspecified atom stereocenters. The van der Waals surface area contributed by atoms with E-state index >= 15 is 0 Å². The monoisotopic (exact) mass is 466 g/mol. The standard InChI is InChI=1S/C27H34N2O5/c1-4-10-18(26(31)32)15-28-25(30)24(17(3)5-2)29-27(33)34-16-23-21-13-8-6-11-19(21)20-12-7-9-14-22(20)23/h6-9,11-14,17-18,23-24H,4-5,10,15-16H2,1-3H3,(H,28,30)(H,29,33)(H,31,32)/t17?,18?,24-/m0/s1. The van der Waals surface area contributed by atoms with E-state index in [1.54, 1.807) is 0 Å². The van der Waals surface area contributed by atoms with Crippen LogP contribution in [0.3, 0.4) is 0 Å². The Kier molecular flexibility index (Phi) is 8.68. The van der Waals surface area contributed by atoms with Crippen molar-refractivity contribution in [3.8, 4) is 11.1 Å². The van der Waals surface area contributed by atoms with Crippen LogP contribution in [0.1, 0.15) is 57.1 Å². The van der Waals surface area contributed by atoms with Crippen LogP contribution in [0.2, 0.25) is 0 Å². The van der Waals surface area contributed by atoms with Gasteiger partial charge in [0.05, 0.1) is 5.92 Å². The summed E-state index contributed by atoms with van der Waals surface area (Å²) in [7, 11) is 0. The minimum atomic E-state index is -0.938. The molecule has 0 saturated heterocycles. The number of carboxylic acid groups (broad SMARTS) is 1. The van der Waals surface area contributed by atoms with Gasteiger partial charge in [0.25, 0.3) is 0 Å². The Hall–Kier alpha value is -3.35. The van der Waals surface area contributed by atoms with Crippen molar-refractivity contribution in [2.24, 2.45) is 11.8 Å². The molecule has 3 atom stereocenters. The summed E-state index contributed by atoms with van der Waals surface area (Å²) in [5.41, 5.74) is 4.51. The third kappa shape index (κ3) is 5.76. The van der Waals surface area contributed by atoms with Gasteiger partial charge in [0.15, 0.2) is 0 Å². The molecule has 2 aromatic rings. The highest BCUT2D eigenvalue weighted by atomic mass is 16.5. The van der Waals surface area contributed by atoms with Gasteiger partial charge in [-0.2, -0.15) is 0 Å². The minimum absolute atomic E-state index is 0.0291. The molecule has 1 aliphatic carbocycles. The number of fused-ring (bicyclic) bond motifs is 3. The molecule has 2 amide bonds. The zero-order valence-corrected chi connectivity index (χ0v) is 20.0. The average molecular weight is 467 g/mol. The largest absolute Gasteiger partial charge is 0.481 e. The number of hydrogen-bond acceptors (Lipinski definition) is 4. The van der Waals surface area contributed by atoms with E-state index in [-0.39, 0.29) is 25.0 Å². The molecule has 0 saturated carbocycles. The summed E-state index contributed by atoms with van der Waals surface area (Å²) in [5, 5.41) is 14.7. The lowest BCUT2D eigenvalue weighted by Crippen LogP contribution is -2.51. The SMILES string of the molecule is CCCC(CNC(=O)[C@@H](NC(=O)OCC1c2ccccc2-c2ccccc21)C(C)CC)C(=O)O. The Bertz CT molecular complexity index is 976. The number of benzene rings is 2. The van der Waals surface area contributed by atoms with Crippen molar-refractivity contribution in [2.75, 3.05) is 13.2 Å². The second kappa shape index (κ2) is 11.7. The predicted molar refractivity (Wildman–Crippen MR) is 130 cm³/mol. The van der Waals surface area contributed by atoms with E-state index < -0.39 is 29.9 Å². The molecule has 0 bridgehead atoms. The number of carbonyl (C=O) groups excluding carboxylic acids is 2. The molecule has 0 aliphatic heterocycles. The Morgan fingerprint density at radius 1 is 1.00 bits per heavy atom. The molecular weight excluding hydrogens is 432 g/mol. The van der Waals surface area contributed by atoms with E-state index in [2.05, 4.69) is 22.8 Å². The van der Waals surface area contributed by atoms with Gasteiger partial charge in [-0.1, -0.05) is 82.1 Å². The molecule has 7 nitrogen and oxygen atoms in total. The molecule has 0 aromatic heterocycles. The summed E-state index contributed by atoms with van der Waals surface area (Å²) in [6.07, 6.45) is 1.19. The Labute approximate surface area is 200 Å². The summed E-state index contributed by atoms with van der Waals surface area (Å²) in [4.78, 5) is 36.9. The maximum Gasteiger partial charge on any atom is 0.407 e. The fraction of sp³-hybridized carbons (Fsp3) is 0.444. The van der Waals surface area contributed by atoms with Crippen LogP contribution >= 0.6 is 0 Å². The molecular formula is C27H34N2O5. The van der Waals surface area contributed by atoms with Gasteiger partial charge in [0.1, 0.15) is 12.6 Å². The summed E-state index contributed by atoms with van der Waals surface area (Å²) in [6, 6.07) is 15.4. The second-order valence-electron chi connectivity index (χ2n) is 8.90. The number of rotatable bonds is 11. The Morgan fingerprint density at radius 2 is 1.59 bits per heavy atom. The average Bonchev–Trinajstić information content (AvgIpc) is 3.16. The molecule has 7 heteroatoms. The minimum Gasteiger partial charge on any atom is -0.481 e. The number of ether oxygens (including phenoxy) is 1. The van der Waals surface area contributed by atoms with Gasteiger partial charge < -0.3 is 20.5 Å². The van der Waals surface area contributed by atoms with Crippen LogP contribution in [0, 0.1) is 11.8 Å². The Morgan fingerprint density at radius 3 is 2.12 bits per heavy atom. The van der Waals surface area contributed by atoms with Crippen molar-refractivity contribution in [3.63, 3.8) is 0 Å². The molecule has 0 spiro atoms. The summed E-state index contributed by atoms with van der Waals surface area (Å²) in [5.74, 6) is -2.20. The molecule has 182 valence electrons. The normalized spacial score (nSPS) is 14.9. The highest BCUT2D eigenvalue weighted by molar-refractivity contribution is 5.86. The number of carbonyl (C=O) groups is 3. The highest BCUT2D eigenvalue weighted by Crippen LogP contribution is 2.44. The summed E-state index contributed by atoms with van der Waals surface area (Å²) >= 11 is 0. The number of nitrogens with one attached hydrogen (secondary N) is 2. The number of amides is 2. The smallest absolute Gasteiger partial charge is 0.407 e. The van der Waals surface area contributed by atoms with E-state index in [0.717, 1.165) is 22.3 Å². The van der Waals surface area contributed by atoms with Crippen LogP contribution in [-0.2, 0) is 14.3 Å². The van der Waals surface area contributed by atoms with Crippen LogP contribution in [0.15, 0.2) is 48.5 Å². The fourth-order valence-electron chi connectivity index (χ4n) is 4.46. The molecule has 0 heterocycles. The van der Waals surface area contributed by atoms with Gasteiger partial charge in [0, 0.05) is 12.5 Å². The van der Waals surface area contributed by atoms with Gasteiger partial charge in [-0.15, -0.1) is 0 Å². The molecule has 0 radical (unpaired) electrons. The molecule has 0 fully saturated rings. The summed E-state index contributed by atoms with van der Waals surface area (Å²) < 4.78 is 5.59. The predicted octanol–water partition coefficient (Wildman–Crippen LogP) is 4.56. The summed E-state index contributed by atoms with van der Waals surface area (Å²) in [6.45, 7) is 5.89. The van der Waals surface area contributed by atoms with Gasteiger partial charge >= 0.3 is 12.1 Å². The Balaban J connectivity index is 1.63. The lowest BCUT2D eigenvalue weighted by atomic mass is 9.97.